The van der Waals surface area contributed by atoms with Crippen LogP contribution >= 0.6 is 17.0 Å². The summed E-state index contributed by atoms with van der Waals surface area (Å²) in [6.45, 7) is 2.83. The molecule has 0 aliphatic rings. The molecular formula is C9H14BrN. The highest BCUT2D eigenvalue weighted by Gasteiger charge is 1.88. The van der Waals surface area contributed by atoms with Gasteiger partial charge in [0, 0.05) is 0 Å². The van der Waals surface area contributed by atoms with Gasteiger partial charge in [0.15, 0.2) is 0 Å². The second-order valence-corrected chi connectivity index (χ2v) is 2.52. The smallest absolute Gasteiger partial charge is 0.00367 e. The molecule has 0 atom stereocenters. The summed E-state index contributed by atoms with van der Waals surface area (Å²) in [7, 11) is 0. The van der Waals surface area contributed by atoms with Crippen LogP contribution in [0, 0.1) is 6.92 Å². The summed E-state index contributed by atoms with van der Waals surface area (Å²) in [6.07, 6.45) is 0.986. The van der Waals surface area contributed by atoms with Crippen LogP contribution in [0.25, 0.3) is 0 Å². The second-order valence-electron chi connectivity index (χ2n) is 2.52. The van der Waals surface area contributed by atoms with E-state index in [0.29, 0.717) is 0 Å². The molecule has 62 valence electrons. The average molecular weight is 216 g/mol. The number of hydrogen-bond donors (Lipinski definition) is 1. The lowest BCUT2D eigenvalue weighted by atomic mass is 10.1. The van der Waals surface area contributed by atoms with Crippen LogP contribution in [0.2, 0.25) is 0 Å². The Balaban J connectivity index is 0.000001000. The van der Waals surface area contributed by atoms with E-state index in [-0.39, 0.29) is 17.0 Å². The predicted molar refractivity (Wildman–Crippen MR) is 54.3 cm³/mol. The number of aryl methyl sites for hydroxylation is 1. The Hall–Kier alpha value is -0.340. The van der Waals surface area contributed by atoms with Gasteiger partial charge >= 0.3 is 0 Å². The van der Waals surface area contributed by atoms with Crippen molar-refractivity contribution in [1.29, 1.82) is 0 Å². The molecule has 0 radical (unpaired) electrons. The van der Waals surface area contributed by atoms with Gasteiger partial charge in [-0.1, -0.05) is 29.8 Å². The molecule has 0 spiro atoms. The lowest BCUT2D eigenvalue weighted by molar-refractivity contribution is 0.968. The fourth-order valence-corrected chi connectivity index (χ4v) is 0.921. The number of halogens is 1. The molecule has 11 heavy (non-hydrogen) atoms. The summed E-state index contributed by atoms with van der Waals surface area (Å²) in [5.41, 5.74) is 8.03. The first kappa shape index (κ1) is 10.7. The fourth-order valence-electron chi connectivity index (χ4n) is 0.921. The molecule has 0 unspecified atom stereocenters. The van der Waals surface area contributed by atoms with Crippen LogP contribution < -0.4 is 5.73 Å². The molecule has 0 aliphatic carbocycles. The molecule has 1 aromatic carbocycles. The third kappa shape index (κ3) is 3.54. The van der Waals surface area contributed by atoms with E-state index in [1.807, 2.05) is 0 Å². The summed E-state index contributed by atoms with van der Waals surface area (Å²) >= 11 is 0. The molecule has 0 saturated carbocycles. The number of benzene rings is 1. The van der Waals surface area contributed by atoms with Gasteiger partial charge in [0.25, 0.3) is 0 Å². The van der Waals surface area contributed by atoms with E-state index in [1.165, 1.54) is 11.1 Å². The van der Waals surface area contributed by atoms with Crippen molar-refractivity contribution in [2.45, 2.75) is 13.3 Å². The largest absolute Gasteiger partial charge is 0.330 e. The van der Waals surface area contributed by atoms with E-state index in [9.17, 15) is 0 Å². The lowest BCUT2D eigenvalue weighted by Crippen LogP contribution is -2.02. The molecule has 0 saturated heterocycles. The number of nitrogens with two attached hydrogens (primary N) is 1. The Kier molecular flexibility index (Phi) is 5.16. The standard InChI is InChI=1S/C9H13N.BrH/c1-8-2-4-9(5-3-8)6-7-10;/h2-5H,6-7,10H2,1H3;1H. The highest BCUT2D eigenvalue weighted by atomic mass is 79.9. The van der Waals surface area contributed by atoms with Gasteiger partial charge in [-0.05, 0) is 25.5 Å². The van der Waals surface area contributed by atoms with Crippen molar-refractivity contribution >= 4 is 17.0 Å². The van der Waals surface area contributed by atoms with Crippen LogP contribution in [0.3, 0.4) is 0 Å². The molecule has 1 nitrogen and oxygen atoms in total. The first-order chi connectivity index (χ1) is 4.83. The molecule has 1 aromatic rings. The third-order valence-corrected chi connectivity index (χ3v) is 1.55. The molecule has 0 aliphatic heterocycles. The maximum absolute atomic E-state index is 5.40. The zero-order chi connectivity index (χ0) is 7.40. The van der Waals surface area contributed by atoms with Gasteiger partial charge in [0.2, 0.25) is 0 Å². The van der Waals surface area contributed by atoms with E-state index >= 15 is 0 Å². The average Bonchev–Trinajstić information content (AvgIpc) is 1.95. The molecule has 2 heteroatoms. The zero-order valence-corrected chi connectivity index (χ0v) is 8.42. The minimum absolute atomic E-state index is 0. The van der Waals surface area contributed by atoms with Crippen molar-refractivity contribution < 1.29 is 0 Å². The van der Waals surface area contributed by atoms with Gasteiger partial charge in [-0.25, -0.2) is 0 Å². The summed E-state index contributed by atoms with van der Waals surface area (Å²) in [6, 6.07) is 8.49. The van der Waals surface area contributed by atoms with Crippen molar-refractivity contribution in [3.8, 4) is 0 Å². The van der Waals surface area contributed by atoms with Crippen molar-refractivity contribution in [3.05, 3.63) is 35.4 Å². The fraction of sp³-hybridized carbons (Fsp3) is 0.333. The van der Waals surface area contributed by atoms with Crippen LogP contribution in [-0.4, -0.2) is 6.54 Å². The molecule has 0 bridgehead atoms. The van der Waals surface area contributed by atoms with Gasteiger partial charge in [0.05, 0.1) is 0 Å². The molecule has 0 amide bonds. The Morgan fingerprint density at radius 3 is 2.18 bits per heavy atom. The van der Waals surface area contributed by atoms with Crippen LogP contribution in [0.1, 0.15) is 11.1 Å². The molecule has 0 aromatic heterocycles. The van der Waals surface area contributed by atoms with E-state index in [0.717, 1.165) is 13.0 Å². The zero-order valence-electron chi connectivity index (χ0n) is 6.71. The maximum atomic E-state index is 5.40. The first-order valence-electron chi connectivity index (χ1n) is 3.58. The van der Waals surface area contributed by atoms with E-state index in [1.54, 1.807) is 0 Å². The SMILES string of the molecule is Br.Cc1ccc(CCN)cc1. The third-order valence-electron chi connectivity index (χ3n) is 1.55. The Morgan fingerprint density at radius 2 is 1.73 bits per heavy atom. The number of hydrogen-bond acceptors (Lipinski definition) is 1. The molecule has 0 fully saturated rings. The van der Waals surface area contributed by atoms with Crippen molar-refractivity contribution in [2.24, 2.45) is 5.73 Å². The van der Waals surface area contributed by atoms with Crippen LogP contribution in [0.4, 0.5) is 0 Å². The van der Waals surface area contributed by atoms with Crippen LogP contribution in [-0.2, 0) is 6.42 Å². The van der Waals surface area contributed by atoms with Gasteiger partial charge in [-0.15, -0.1) is 17.0 Å². The highest BCUT2D eigenvalue weighted by molar-refractivity contribution is 8.93. The highest BCUT2D eigenvalue weighted by Crippen LogP contribution is 2.02. The van der Waals surface area contributed by atoms with Gasteiger partial charge < -0.3 is 5.73 Å². The predicted octanol–water partition coefficient (Wildman–Crippen LogP) is 2.07. The van der Waals surface area contributed by atoms with Crippen LogP contribution in [0.15, 0.2) is 24.3 Å². The first-order valence-corrected chi connectivity index (χ1v) is 3.58. The molecule has 0 heterocycles. The van der Waals surface area contributed by atoms with Crippen LogP contribution in [0.5, 0.6) is 0 Å². The summed E-state index contributed by atoms with van der Waals surface area (Å²) in [5.74, 6) is 0. The van der Waals surface area contributed by atoms with E-state index in [4.69, 9.17) is 5.73 Å². The van der Waals surface area contributed by atoms with Gasteiger partial charge in [-0.2, -0.15) is 0 Å². The Bertz CT molecular complexity index is 193. The minimum Gasteiger partial charge on any atom is -0.330 e. The van der Waals surface area contributed by atoms with E-state index in [2.05, 4.69) is 31.2 Å². The Morgan fingerprint density at radius 1 is 1.18 bits per heavy atom. The second kappa shape index (κ2) is 5.33. The summed E-state index contributed by atoms with van der Waals surface area (Å²) in [5, 5.41) is 0. The minimum atomic E-state index is 0. The summed E-state index contributed by atoms with van der Waals surface area (Å²) < 4.78 is 0. The summed E-state index contributed by atoms with van der Waals surface area (Å²) in [4.78, 5) is 0. The molecule has 2 N–H and O–H groups in total. The van der Waals surface area contributed by atoms with Gasteiger partial charge in [-0.3, -0.25) is 0 Å². The van der Waals surface area contributed by atoms with Crippen molar-refractivity contribution in [3.63, 3.8) is 0 Å². The topological polar surface area (TPSA) is 26.0 Å². The quantitative estimate of drug-likeness (QED) is 0.804. The maximum Gasteiger partial charge on any atom is -0.00367 e. The Labute approximate surface area is 78.4 Å². The number of rotatable bonds is 2. The molecule has 1 rings (SSSR count). The lowest BCUT2D eigenvalue weighted by Gasteiger charge is -1.97. The normalized spacial score (nSPS) is 8.91. The van der Waals surface area contributed by atoms with Crippen molar-refractivity contribution in [1.82, 2.24) is 0 Å². The van der Waals surface area contributed by atoms with Gasteiger partial charge in [0.1, 0.15) is 0 Å². The monoisotopic (exact) mass is 215 g/mol. The molecular weight excluding hydrogens is 202 g/mol. The van der Waals surface area contributed by atoms with E-state index < -0.39 is 0 Å². The van der Waals surface area contributed by atoms with Crippen molar-refractivity contribution in [2.75, 3.05) is 6.54 Å².